The number of piperidine rings is 1. The molecule has 1 aliphatic heterocycles. The largest absolute Gasteiger partial charge is 0.361 e. The van der Waals surface area contributed by atoms with Gasteiger partial charge in [0.05, 0.1) is 0 Å². The topological polar surface area (TPSA) is 48.1 Å². The number of amides is 1. The summed E-state index contributed by atoms with van der Waals surface area (Å²) in [4.78, 5) is 18.7. The molecule has 32 heavy (non-hydrogen) atoms. The fourth-order valence-electron chi connectivity index (χ4n) is 4.45. The van der Waals surface area contributed by atoms with Gasteiger partial charge >= 0.3 is 0 Å². The normalized spacial score (nSPS) is 14.1. The van der Waals surface area contributed by atoms with Gasteiger partial charge in [-0.2, -0.15) is 0 Å². The highest BCUT2D eigenvalue weighted by Gasteiger charge is 2.16. The van der Waals surface area contributed by atoms with Gasteiger partial charge in [-0.15, -0.1) is 12.4 Å². The van der Waals surface area contributed by atoms with E-state index in [4.69, 9.17) is 0 Å². The molecule has 5 heteroatoms. The molecule has 0 aliphatic carbocycles. The first-order valence-corrected chi connectivity index (χ1v) is 11.1. The molecule has 0 saturated carbocycles. The number of rotatable bonds is 5. The van der Waals surface area contributed by atoms with Gasteiger partial charge in [0.2, 0.25) is 0 Å². The van der Waals surface area contributed by atoms with Gasteiger partial charge < -0.3 is 10.3 Å². The minimum Gasteiger partial charge on any atom is -0.361 e. The second-order valence-electron chi connectivity index (χ2n) is 8.31. The van der Waals surface area contributed by atoms with Crippen molar-refractivity contribution in [1.82, 2.24) is 9.88 Å². The van der Waals surface area contributed by atoms with Crippen LogP contribution < -0.4 is 5.32 Å². The summed E-state index contributed by atoms with van der Waals surface area (Å²) < 4.78 is 0. The number of hydrogen-bond acceptors (Lipinski definition) is 2. The van der Waals surface area contributed by atoms with E-state index in [9.17, 15) is 4.79 Å². The van der Waals surface area contributed by atoms with Crippen molar-refractivity contribution in [1.29, 1.82) is 0 Å². The number of benzene rings is 3. The van der Waals surface area contributed by atoms with Crippen molar-refractivity contribution in [3.05, 3.63) is 90.1 Å². The Hall–Kier alpha value is -3.08. The molecule has 2 N–H and O–H groups in total. The first-order valence-electron chi connectivity index (χ1n) is 11.1. The second kappa shape index (κ2) is 10.0. The van der Waals surface area contributed by atoms with Gasteiger partial charge in [-0.05, 0) is 78.3 Å². The van der Waals surface area contributed by atoms with Gasteiger partial charge in [0.1, 0.15) is 0 Å². The van der Waals surface area contributed by atoms with Crippen LogP contribution in [-0.4, -0.2) is 28.9 Å². The second-order valence-corrected chi connectivity index (χ2v) is 8.31. The summed E-state index contributed by atoms with van der Waals surface area (Å²) in [7, 11) is 0. The first kappa shape index (κ1) is 22.1. The standard InChI is InChI=1S/C27H27N3O.ClH/c31-27(29-24-11-9-21-13-14-28-26(21)18-24)22-10-12-25(20-7-3-1-4-8-20)23(17-22)19-30-15-5-2-6-16-30;/h1,3-4,7-14,17-18,28H,2,5-6,15-16,19H2,(H,29,31);1H. The lowest BCUT2D eigenvalue weighted by Gasteiger charge is -2.27. The number of halogens is 1. The maximum absolute atomic E-state index is 13.0. The van der Waals surface area contributed by atoms with Crippen molar-refractivity contribution in [2.45, 2.75) is 25.8 Å². The Morgan fingerprint density at radius 1 is 0.906 bits per heavy atom. The van der Waals surface area contributed by atoms with Gasteiger partial charge in [-0.3, -0.25) is 9.69 Å². The van der Waals surface area contributed by atoms with Crippen LogP contribution in [0.15, 0.2) is 79.0 Å². The lowest BCUT2D eigenvalue weighted by molar-refractivity contribution is 0.102. The number of H-pyrrole nitrogens is 1. The predicted molar refractivity (Wildman–Crippen MR) is 135 cm³/mol. The van der Waals surface area contributed by atoms with E-state index in [0.29, 0.717) is 5.56 Å². The van der Waals surface area contributed by atoms with Crippen molar-refractivity contribution in [3.63, 3.8) is 0 Å². The monoisotopic (exact) mass is 445 g/mol. The van der Waals surface area contributed by atoms with Crippen LogP contribution in [0.2, 0.25) is 0 Å². The van der Waals surface area contributed by atoms with Gasteiger partial charge in [0, 0.05) is 29.5 Å². The van der Waals surface area contributed by atoms with Crippen molar-refractivity contribution in [2.75, 3.05) is 18.4 Å². The molecule has 4 aromatic rings. The van der Waals surface area contributed by atoms with E-state index in [-0.39, 0.29) is 18.3 Å². The number of nitrogens with one attached hydrogen (secondary N) is 2. The van der Waals surface area contributed by atoms with Gasteiger partial charge in [-0.1, -0.05) is 48.9 Å². The highest BCUT2D eigenvalue weighted by atomic mass is 35.5. The zero-order valence-electron chi connectivity index (χ0n) is 18.0. The van der Waals surface area contributed by atoms with Crippen LogP contribution >= 0.6 is 12.4 Å². The summed E-state index contributed by atoms with van der Waals surface area (Å²) >= 11 is 0. The van der Waals surface area contributed by atoms with Crippen LogP contribution in [0.1, 0.15) is 35.2 Å². The summed E-state index contributed by atoms with van der Waals surface area (Å²) in [6.45, 7) is 3.13. The molecular weight excluding hydrogens is 418 g/mol. The fraction of sp³-hybridized carbons (Fsp3) is 0.222. The Morgan fingerprint density at radius 2 is 1.72 bits per heavy atom. The molecule has 0 radical (unpaired) electrons. The van der Waals surface area contributed by atoms with Crippen LogP contribution in [0, 0.1) is 0 Å². The SMILES string of the molecule is Cl.O=C(Nc1ccc2cc[nH]c2c1)c1ccc(-c2ccccc2)c(CN2CCCCC2)c1. The van der Waals surface area contributed by atoms with E-state index in [0.717, 1.165) is 36.2 Å². The molecule has 5 rings (SSSR count). The van der Waals surface area contributed by atoms with Crippen molar-refractivity contribution in [2.24, 2.45) is 0 Å². The van der Waals surface area contributed by atoms with Crippen LogP contribution in [0.25, 0.3) is 22.0 Å². The van der Waals surface area contributed by atoms with Crippen LogP contribution in [0.3, 0.4) is 0 Å². The third kappa shape index (κ3) is 4.87. The Bertz CT molecular complexity index is 1200. The molecule has 1 saturated heterocycles. The summed E-state index contributed by atoms with van der Waals surface area (Å²) in [6.07, 6.45) is 5.73. The van der Waals surface area contributed by atoms with Gasteiger partial charge in [0.25, 0.3) is 5.91 Å². The maximum Gasteiger partial charge on any atom is 0.255 e. The van der Waals surface area contributed by atoms with Crippen molar-refractivity contribution >= 4 is 34.9 Å². The highest BCUT2D eigenvalue weighted by Crippen LogP contribution is 2.27. The Labute approximate surface area is 195 Å². The van der Waals surface area contributed by atoms with E-state index < -0.39 is 0 Å². The molecule has 1 fully saturated rings. The molecule has 0 bridgehead atoms. The molecule has 164 valence electrons. The van der Waals surface area contributed by atoms with Crippen LogP contribution in [-0.2, 0) is 6.54 Å². The molecule has 1 amide bonds. The number of hydrogen-bond donors (Lipinski definition) is 2. The number of nitrogens with zero attached hydrogens (tertiary/aromatic N) is 1. The molecule has 0 unspecified atom stereocenters. The van der Waals surface area contributed by atoms with Gasteiger partial charge in [0.15, 0.2) is 0 Å². The number of likely N-dealkylation sites (tertiary alicyclic amines) is 1. The minimum atomic E-state index is -0.0783. The number of carbonyl (C=O) groups excluding carboxylic acids is 1. The van der Waals surface area contributed by atoms with Gasteiger partial charge in [-0.25, -0.2) is 0 Å². The number of aromatic amines is 1. The average molecular weight is 446 g/mol. The van der Waals surface area contributed by atoms with Crippen molar-refractivity contribution in [3.8, 4) is 11.1 Å². The van der Waals surface area contributed by atoms with Crippen LogP contribution in [0.5, 0.6) is 0 Å². The third-order valence-electron chi connectivity index (χ3n) is 6.11. The molecule has 3 aromatic carbocycles. The summed E-state index contributed by atoms with van der Waals surface area (Å²) in [5.41, 5.74) is 6.11. The number of fused-ring (bicyclic) bond motifs is 1. The van der Waals surface area contributed by atoms with E-state index in [2.05, 4.69) is 51.6 Å². The Kier molecular flexibility index (Phi) is 6.93. The number of carbonyl (C=O) groups is 1. The lowest BCUT2D eigenvalue weighted by atomic mass is 9.96. The summed E-state index contributed by atoms with van der Waals surface area (Å²) in [6, 6.07) is 24.5. The highest BCUT2D eigenvalue weighted by molar-refractivity contribution is 6.05. The van der Waals surface area contributed by atoms with Crippen LogP contribution in [0.4, 0.5) is 5.69 Å². The van der Waals surface area contributed by atoms with E-state index in [1.165, 1.54) is 36.0 Å². The predicted octanol–water partition coefficient (Wildman–Crippen LogP) is 6.49. The molecule has 0 atom stereocenters. The number of anilines is 1. The zero-order chi connectivity index (χ0) is 21.0. The fourth-order valence-corrected chi connectivity index (χ4v) is 4.45. The Balaban J connectivity index is 0.00000245. The molecule has 1 aliphatic rings. The summed E-state index contributed by atoms with van der Waals surface area (Å²) in [5.74, 6) is -0.0783. The number of aromatic nitrogens is 1. The molecule has 1 aromatic heterocycles. The molecular formula is C27H28ClN3O. The maximum atomic E-state index is 13.0. The quantitative estimate of drug-likeness (QED) is 0.368. The molecule has 2 heterocycles. The lowest BCUT2D eigenvalue weighted by Crippen LogP contribution is -2.29. The first-order chi connectivity index (χ1) is 15.3. The minimum absolute atomic E-state index is 0. The molecule has 4 nitrogen and oxygen atoms in total. The average Bonchev–Trinajstić information content (AvgIpc) is 3.28. The zero-order valence-corrected chi connectivity index (χ0v) is 18.8. The van der Waals surface area contributed by atoms with E-state index in [1.54, 1.807) is 0 Å². The van der Waals surface area contributed by atoms with E-state index >= 15 is 0 Å². The third-order valence-corrected chi connectivity index (χ3v) is 6.11. The summed E-state index contributed by atoms with van der Waals surface area (Å²) in [5, 5.41) is 4.19. The smallest absolute Gasteiger partial charge is 0.255 e. The van der Waals surface area contributed by atoms with E-state index in [1.807, 2.05) is 42.6 Å². The van der Waals surface area contributed by atoms with Crippen molar-refractivity contribution < 1.29 is 4.79 Å². The molecule has 0 spiro atoms. The Morgan fingerprint density at radius 3 is 2.53 bits per heavy atom.